The van der Waals surface area contributed by atoms with E-state index in [-0.39, 0.29) is 17.9 Å². The largest absolute Gasteiger partial charge is 0.419 e. The Labute approximate surface area is 135 Å². The number of nitrogens with zero attached hydrogens (tertiary/aromatic N) is 3. The molecule has 1 aromatic carbocycles. The van der Waals surface area contributed by atoms with Crippen LogP contribution in [0.1, 0.15) is 33.6 Å². The normalized spacial score (nSPS) is 11.2. The second-order valence-corrected chi connectivity index (χ2v) is 6.10. The summed E-state index contributed by atoms with van der Waals surface area (Å²) in [4.78, 5) is 14.0. The maximum Gasteiger partial charge on any atom is 0.249 e. The Morgan fingerprint density at radius 2 is 1.91 bits per heavy atom. The molecular formula is C16H20ClN3O2. The summed E-state index contributed by atoms with van der Waals surface area (Å²) >= 11 is 6.12. The molecule has 1 heterocycles. The van der Waals surface area contributed by atoms with E-state index >= 15 is 0 Å². The zero-order chi connectivity index (χ0) is 16.3. The molecule has 1 aromatic heterocycles. The van der Waals surface area contributed by atoms with E-state index in [9.17, 15) is 4.79 Å². The summed E-state index contributed by atoms with van der Waals surface area (Å²) in [7, 11) is 0. The molecular weight excluding hydrogens is 302 g/mol. The van der Waals surface area contributed by atoms with Gasteiger partial charge in [0.25, 0.3) is 0 Å². The highest BCUT2D eigenvalue weighted by molar-refractivity contribution is 6.33. The van der Waals surface area contributed by atoms with Gasteiger partial charge in [-0.15, -0.1) is 10.2 Å². The third-order valence-corrected chi connectivity index (χ3v) is 3.61. The molecule has 0 bridgehead atoms. The Bertz CT molecular complexity index is 652. The van der Waals surface area contributed by atoms with Crippen molar-refractivity contribution in [2.24, 2.45) is 5.92 Å². The van der Waals surface area contributed by atoms with Gasteiger partial charge in [-0.1, -0.05) is 37.6 Å². The number of benzene rings is 1. The van der Waals surface area contributed by atoms with Gasteiger partial charge in [0.1, 0.15) is 0 Å². The molecule has 118 valence electrons. The molecule has 0 fully saturated rings. The zero-order valence-electron chi connectivity index (χ0n) is 13.2. The van der Waals surface area contributed by atoms with E-state index in [1.807, 2.05) is 45.9 Å². The molecule has 0 saturated heterocycles. The summed E-state index contributed by atoms with van der Waals surface area (Å²) in [5, 5.41) is 8.61. The molecule has 2 rings (SSSR count). The van der Waals surface area contributed by atoms with Gasteiger partial charge in [-0.3, -0.25) is 4.79 Å². The predicted octanol–water partition coefficient (Wildman–Crippen LogP) is 3.78. The average Bonchev–Trinajstić information content (AvgIpc) is 2.92. The van der Waals surface area contributed by atoms with Crippen LogP contribution >= 0.6 is 11.6 Å². The number of rotatable bonds is 5. The van der Waals surface area contributed by atoms with Crippen LogP contribution < -0.4 is 0 Å². The van der Waals surface area contributed by atoms with Gasteiger partial charge >= 0.3 is 0 Å². The highest BCUT2D eigenvalue weighted by Gasteiger charge is 2.22. The van der Waals surface area contributed by atoms with Crippen molar-refractivity contribution in [1.29, 1.82) is 0 Å². The summed E-state index contributed by atoms with van der Waals surface area (Å²) in [6.07, 6.45) is 0. The fourth-order valence-corrected chi connectivity index (χ4v) is 2.27. The minimum absolute atomic E-state index is 0.0607. The van der Waals surface area contributed by atoms with Gasteiger partial charge in [0.2, 0.25) is 17.7 Å². The van der Waals surface area contributed by atoms with Gasteiger partial charge in [0.05, 0.1) is 17.1 Å². The van der Waals surface area contributed by atoms with E-state index in [0.717, 1.165) is 0 Å². The minimum Gasteiger partial charge on any atom is -0.419 e. The van der Waals surface area contributed by atoms with Gasteiger partial charge in [-0.2, -0.15) is 0 Å². The van der Waals surface area contributed by atoms with Crippen LogP contribution in [-0.4, -0.2) is 27.0 Å². The van der Waals surface area contributed by atoms with Crippen LogP contribution in [-0.2, 0) is 11.3 Å². The molecule has 2 aromatic rings. The molecule has 0 aliphatic carbocycles. The monoisotopic (exact) mass is 321 g/mol. The van der Waals surface area contributed by atoms with Crippen LogP contribution in [0.3, 0.4) is 0 Å². The SMILES string of the molecule is CC(C)C(=O)N(Cc1nnc(-c2ccccc2Cl)o1)C(C)C. The Morgan fingerprint density at radius 3 is 2.50 bits per heavy atom. The predicted molar refractivity (Wildman–Crippen MR) is 85.3 cm³/mol. The zero-order valence-corrected chi connectivity index (χ0v) is 14.0. The molecule has 0 radical (unpaired) electrons. The summed E-state index contributed by atoms with van der Waals surface area (Å²) in [6, 6.07) is 7.34. The highest BCUT2D eigenvalue weighted by atomic mass is 35.5. The smallest absolute Gasteiger partial charge is 0.249 e. The first-order chi connectivity index (χ1) is 10.4. The number of carbonyl (C=O) groups excluding carboxylic acids is 1. The van der Waals surface area contributed by atoms with Gasteiger partial charge in [-0.05, 0) is 26.0 Å². The fourth-order valence-electron chi connectivity index (χ4n) is 2.05. The molecule has 22 heavy (non-hydrogen) atoms. The molecule has 5 nitrogen and oxygen atoms in total. The lowest BCUT2D eigenvalue weighted by atomic mass is 10.1. The van der Waals surface area contributed by atoms with Gasteiger partial charge in [0, 0.05) is 12.0 Å². The maximum absolute atomic E-state index is 12.2. The summed E-state index contributed by atoms with van der Waals surface area (Å²) < 4.78 is 5.66. The number of carbonyl (C=O) groups is 1. The van der Waals surface area contributed by atoms with Crippen molar-refractivity contribution in [1.82, 2.24) is 15.1 Å². The molecule has 0 atom stereocenters. The van der Waals surface area contributed by atoms with Crippen LogP contribution in [0.4, 0.5) is 0 Å². The standard InChI is InChI=1S/C16H20ClN3O2/c1-10(2)16(21)20(11(3)4)9-14-18-19-15(22-14)12-7-5-6-8-13(12)17/h5-8,10-11H,9H2,1-4H3. The lowest BCUT2D eigenvalue weighted by Gasteiger charge is -2.26. The first kappa shape index (κ1) is 16.5. The lowest BCUT2D eigenvalue weighted by molar-refractivity contribution is -0.137. The second kappa shape index (κ2) is 6.92. The van der Waals surface area contributed by atoms with Crippen LogP contribution in [0.2, 0.25) is 5.02 Å². The third kappa shape index (κ3) is 3.65. The highest BCUT2D eigenvalue weighted by Crippen LogP contribution is 2.26. The molecule has 0 aliphatic heterocycles. The summed E-state index contributed by atoms with van der Waals surface area (Å²) in [5.41, 5.74) is 0.689. The number of aromatic nitrogens is 2. The van der Waals surface area contributed by atoms with Crippen LogP contribution in [0, 0.1) is 5.92 Å². The lowest BCUT2D eigenvalue weighted by Crippen LogP contribution is -2.39. The molecule has 0 N–H and O–H groups in total. The Hall–Kier alpha value is -1.88. The topological polar surface area (TPSA) is 59.2 Å². The Morgan fingerprint density at radius 1 is 1.23 bits per heavy atom. The molecule has 0 saturated carbocycles. The van der Waals surface area contributed by atoms with Gasteiger partial charge in [0.15, 0.2) is 0 Å². The second-order valence-electron chi connectivity index (χ2n) is 5.70. The van der Waals surface area contributed by atoms with E-state index in [1.165, 1.54) is 0 Å². The Kier molecular flexibility index (Phi) is 5.19. The van der Waals surface area contributed by atoms with Gasteiger partial charge < -0.3 is 9.32 Å². The van der Waals surface area contributed by atoms with Crippen molar-refractivity contribution in [2.45, 2.75) is 40.3 Å². The number of hydrogen-bond acceptors (Lipinski definition) is 4. The van der Waals surface area contributed by atoms with Gasteiger partial charge in [-0.25, -0.2) is 0 Å². The Balaban J connectivity index is 2.21. The van der Waals surface area contributed by atoms with Crippen molar-refractivity contribution < 1.29 is 9.21 Å². The van der Waals surface area contributed by atoms with Crippen LogP contribution in [0.15, 0.2) is 28.7 Å². The minimum atomic E-state index is -0.0756. The van der Waals surface area contributed by atoms with E-state index in [4.69, 9.17) is 16.0 Å². The van der Waals surface area contributed by atoms with Crippen molar-refractivity contribution in [3.05, 3.63) is 35.2 Å². The van der Waals surface area contributed by atoms with Crippen LogP contribution in [0.25, 0.3) is 11.5 Å². The van der Waals surface area contributed by atoms with E-state index < -0.39 is 0 Å². The fraction of sp³-hybridized carbons (Fsp3) is 0.438. The third-order valence-electron chi connectivity index (χ3n) is 3.28. The average molecular weight is 322 g/mol. The van der Waals surface area contributed by atoms with Crippen LogP contribution in [0.5, 0.6) is 0 Å². The number of hydrogen-bond donors (Lipinski definition) is 0. The molecule has 1 amide bonds. The molecule has 0 aliphatic rings. The summed E-state index contributed by atoms with van der Waals surface area (Å²) in [6.45, 7) is 7.98. The number of halogens is 1. The first-order valence-electron chi connectivity index (χ1n) is 7.28. The molecule has 0 unspecified atom stereocenters. The van der Waals surface area contributed by atoms with Crippen molar-refractivity contribution in [3.8, 4) is 11.5 Å². The number of amides is 1. The van der Waals surface area contributed by atoms with Crippen molar-refractivity contribution >= 4 is 17.5 Å². The van der Waals surface area contributed by atoms with E-state index in [0.29, 0.717) is 28.9 Å². The quantitative estimate of drug-likeness (QED) is 0.840. The van der Waals surface area contributed by atoms with E-state index in [1.54, 1.807) is 11.0 Å². The van der Waals surface area contributed by atoms with Crippen molar-refractivity contribution in [3.63, 3.8) is 0 Å². The first-order valence-corrected chi connectivity index (χ1v) is 7.65. The molecule has 6 heteroatoms. The van der Waals surface area contributed by atoms with Crippen molar-refractivity contribution in [2.75, 3.05) is 0 Å². The summed E-state index contributed by atoms with van der Waals surface area (Å²) in [5.74, 6) is 0.750. The maximum atomic E-state index is 12.2. The molecule has 0 spiro atoms. The van der Waals surface area contributed by atoms with E-state index in [2.05, 4.69) is 10.2 Å².